The fourth-order valence-electron chi connectivity index (χ4n) is 3.70. The highest BCUT2D eigenvalue weighted by Crippen LogP contribution is 2.49. The summed E-state index contributed by atoms with van der Waals surface area (Å²) in [6.45, 7) is 14.7. The molecule has 1 aliphatic carbocycles. The van der Waals surface area contributed by atoms with Gasteiger partial charge in [-0.3, -0.25) is 0 Å². The SMILES string of the molecule is [2H]C([2H])([2H])C1=C[C@@H](c2c(O[Si](C)(C)C)cc(OS(=O)(=O)C(F)(F)F)cc2O[Si](C)(C)C)[C@H](C(=C)C)CC1. The monoisotopic (exact) mass is 539 g/mol. The highest BCUT2D eigenvalue weighted by atomic mass is 32.2. The fraction of sp³-hybridized carbons (Fsp3) is 0.565. The molecule has 11 heteroatoms. The second kappa shape index (κ2) is 9.73. The van der Waals surface area contributed by atoms with E-state index in [9.17, 15) is 21.6 Å². The summed E-state index contributed by atoms with van der Waals surface area (Å²) in [5, 5.41) is 0. The summed E-state index contributed by atoms with van der Waals surface area (Å²) in [5.41, 5.74) is -4.13. The first-order valence-electron chi connectivity index (χ1n) is 12.3. The van der Waals surface area contributed by atoms with Gasteiger partial charge >= 0.3 is 15.6 Å². The van der Waals surface area contributed by atoms with Crippen molar-refractivity contribution < 1.29 is 38.7 Å². The van der Waals surface area contributed by atoms with Gasteiger partial charge in [0.15, 0.2) is 0 Å². The minimum absolute atomic E-state index is 0.0987. The van der Waals surface area contributed by atoms with E-state index in [1.165, 1.54) is 0 Å². The molecule has 0 saturated carbocycles. The van der Waals surface area contributed by atoms with E-state index in [0.717, 1.165) is 17.7 Å². The van der Waals surface area contributed by atoms with Gasteiger partial charge in [-0.1, -0.05) is 23.8 Å². The quantitative estimate of drug-likeness (QED) is 0.149. The van der Waals surface area contributed by atoms with Crippen LogP contribution in [-0.4, -0.2) is 30.6 Å². The Morgan fingerprint density at radius 2 is 1.59 bits per heavy atom. The molecule has 2 rings (SSSR count). The van der Waals surface area contributed by atoms with Crippen LogP contribution in [0, 0.1) is 5.92 Å². The Hall–Kier alpha value is -1.73. The molecule has 0 aromatic heterocycles. The van der Waals surface area contributed by atoms with Crippen molar-refractivity contribution in [3.8, 4) is 17.2 Å². The number of halogens is 3. The first kappa shape index (κ1) is 24.0. The number of hydrogen-bond acceptors (Lipinski definition) is 5. The fourth-order valence-corrected chi connectivity index (χ4v) is 5.80. The third kappa shape index (κ3) is 7.38. The highest BCUT2D eigenvalue weighted by Gasteiger charge is 2.49. The second-order valence-corrected chi connectivity index (χ2v) is 20.9. The molecular weight excluding hydrogens is 501 g/mol. The maximum atomic E-state index is 13.1. The molecule has 0 bridgehead atoms. The van der Waals surface area contributed by atoms with Crippen LogP contribution in [0.4, 0.5) is 13.2 Å². The summed E-state index contributed by atoms with van der Waals surface area (Å²) < 4.78 is 104. The van der Waals surface area contributed by atoms with Crippen molar-refractivity contribution in [1.29, 1.82) is 0 Å². The maximum Gasteiger partial charge on any atom is 0.534 e. The largest absolute Gasteiger partial charge is 0.544 e. The van der Waals surface area contributed by atoms with Crippen molar-refractivity contribution in [3.05, 3.63) is 41.5 Å². The highest BCUT2D eigenvalue weighted by molar-refractivity contribution is 7.88. The first-order chi connectivity index (χ1) is 16.4. The van der Waals surface area contributed by atoms with Gasteiger partial charge in [0, 0.05) is 27.7 Å². The zero-order valence-corrected chi connectivity index (χ0v) is 23.4. The number of hydrogen-bond donors (Lipinski definition) is 0. The lowest BCUT2D eigenvalue weighted by Gasteiger charge is -2.35. The summed E-state index contributed by atoms with van der Waals surface area (Å²) in [4.78, 5) is 0. The molecule has 0 radical (unpaired) electrons. The predicted octanol–water partition coefficient (Wildman–Crippen LogP) is 7.36. The van der Waals surface area contributed by atoms with E-state index in [2.05, 4.69) is 10.8 Å². The topological polar surface area (TPSA) is 61.8 Å². The number of allylic oxidation sites excluding steroid dienone is 3. The Morgan fingerprint density at radius 1 is 1.09 bits per heavy atom. The van der Waals surface area contributed by atoms with Gasteiger partial charge in [-0.05, 0) is 71.8 Å². The van der Waals surface area contributed by atoms with Crippen molar-refractivity contribution in [2.45, 2.75) is 77.3 Å². The Balaban J connectivity index is 2.93. The van der Waals surface area contributed by atoms with Crippen LogP contribution in [0.15, 0.2) is 35.9 Å². The Morgan fingerprint density at radius 3 is 1.97 bits per heavy atom. The third-order valence-corrected chi connectivity index (χ3v) is 7.55. The lowest BCUT2D eigenvalue weighted by atomic mass is 9.74. The van der Waals surface area contributed by atoms with Crippen molar-refractivity contribution in [2.75, 3.05) is 0 Å². The standard InChI is InChI=1S/C23H35F3O5SSi2/c1-15(2)18-11-10-16(3)12-19(18)22-20(30-33(4,5)6)13-17(14-21(22)31-34(7,8)9)29-32(27,28)23(24,25)26/h12-14,18-19H,1,10-11H2,2-9H3/t18-,19+/m0/s1/i3D3. The lowest BCUT2D eigenvalue weighted by Crippen LogP contribution is -2.33. The van der Waals surface area contributed by atoms with E-state index in [0.29, 0.717) is 18.4 Å². The van der Waals surface area contributed by atoms with E-state index < -0.39 is 50.8 Å². The van der Waals surface area contributed by atoms with Crippen LogP contribution in [0.2, 0.25) is 39.3 Å². The molecule has 0 heterocycles. The van der Waals surface area contributed by atoms with Gasteiger partial charge in [0.25, 0.3) is 0 Å². The molecule has 1 aromatic rings. The van der Waals surface area contributed by atoms with Crippen molar-refractivity contribution >= 4 is 26.8 Å². The van der Waals surface area contributed by atoms with Crippen molar-refractivity contribution in [1.82, 2.24) is 0 Å². The van der Waals surface area contributed by atoms with Gasteiger partial charge in [-0.15, -0.1) is 0 Å². The number of rotatable bonds is 8. The van der Waals surface area contributed by atoms with Gasteiger partial charge in [0.1, 0.15) is 17.2 Å². The van der Waals surface area contributed by atoms with E-state index in [1.807, 2.05) is 46.2 Å². The maximum absolute atomic E-state index is 13.1. The molecule has 0 unspecified atom stereocenters. The van der Waals surface area contributed by atoms with Gasteiger partial charge in [-0.25, -0.2) is 0 Å². The van der Waals surface area contributed by atoms with Gasteiger partial charge in [-0.2, -0.15) is 21.6 Å². The van der Waals surface area contributed by atoms with Crippen LogP contribution in [-0.2, 0) is 10.1 Å². The average Bonchev–Trinajstić information content (AvgIpc) is 2.62. The molecule has 1 aliphatic rings. The second-order valence-electron chi connectivity index (χ2n) is 10.5. The Bertz CT molecular complexity index is 1130. The van der Waals surface area contributed by atoms with Crippen LogP contribution in [0.5, 0.6) is 17.2 Å². The first-order valence-corrected chi connectivity index (χ1v) is 19.1. The molecule has 5 nitrogen and oxygen atoms in total. The zero-order valence-electron chi connectivity index (χ0n) is 23.6. The molecule has 0 saturated heterocycles. The lowest BCUT2D eigenvalue weighted by molar-refractivity contribution is -0.0500. The Labute approximate surface area is 207 Å². The number of alkyl halides is 3. The van der Waals surface area contributed by atoms with E-state index in [4.69, 9.17) is 13.0 Å². The summed E-state index contributed by atoms with van der Waals surface area (Å²) >= 11 is 0. The summed E-state index contributed by atoms with van der Waals surface area (Å²) in [6.07, 6.45) is 2.47. The molecule has 0 spiro atoms. The summed E-state index contributed by atoms with van der Waals surface area (Å²) in [7, 11) is -10.8. The minimum atomic E-state index is -5.95. The van der Waals surface area contributed by atoms with Gasteiger partial charge in [0.05, 0.1) is 0 Å². The summed E-state index contributed by atoms with van der Waals surface area (Å²) in [5.74, 6) is -1.19. The van der Waals surface area contributed by atoms with Gasteiger partial charge in [0.2, 0.25) is 16.6 Å². The molecule has 1 aromatic carbocycles. The van der Waals surface area contributed by atoms with E-state index >= 15 is 0 Å². The van der Waals surface area contributed by atoms with Crippen LogP contribution in [0.25, 0.3) is 0 Å². The van der Waals surface area contributed by atoms with E-state index in [1.54, 1.807) is 6.08 Å². The van der Waals surface area contributed by atoms with Crippen LogP contribution < -0.4 is 13.0 Å². The summed E-state index contributed by atoms with van der Waals surface area (Å²) in [6, 6.07) is 2.22. The average molecular weight is 540 g/mol. The normalized spacial score (nSPS) is 21.6. The Kier molecular flexibility index (Phi) is 6.87. The minimum Gasteiger partial charge on any atom is -0.544 e. The van der Waals surface area contributed by atoms with Crippen molar-refractivity contribution in [3.63, 3.8) is 0 Å². The molecule has 0 amide bonds. The molecular formula is C23H35F3O5SSi2. The van der Waals surface area contributed by atoms with Crippen LogP contribution >= 0.6 is 0 Å². The molecule has 34 heavy (non-hydrogen) atoms. The van der Waals surface area contributed by atoms with Crippen LogP contribution in [0.1, 0.15) is 42.2 Å². The number of benzene rings is 1. The zero-order chi connectivity index (χ0) is 28.8. The predicted molar refractivity (Wildman–Crippen MR) is 134 cm³/mol. The van der Waals surface area contributed by atoms with E-state index in [-0.39, 0.29) is 23.0 Å². The molecule has 0 aliphatic heterocycles. The smallest absolute Gasteiger partial charge is 0.534 e. The molecule has 2 atom stereocenters. The van der Waals surface area contributed by atoms with Crippen LogP contribution in [0.3, 0.4) is 0 Å². The van der Waals surface area contributed by atoms with Gasteiger partial charge < -0.3 is 13.0 Å². The third-order valence-electron chi connectivity index (χ3n) is 4.90. The van der Waals surface area contributed by atoms with Crippen molar-refractivity contribution in [2.24, 2.45) is 5.92 Å². The molecule has 0 fully saturated rings. The molecule has 192 valence electrons. The molecule has 0 N–H and O–H groups in total.